The first-order valence-electron chi connectivity index (χ1n) is 16.0. The number of nitrogens with one attached hydrogen (secondary N) is 1. The summed E-state index contributed by atoms with van der Waals surface area (Å²) in [5.41, 5.74) is 2.92. The number of nitrogens with zero attached hydrogens (tertiary/aromatic N) is 7. The summed E-state index contributed by atoms with van der Waals surface area (Å²) in [5, 5.41) is 3.74. The Morgan fingerprint density at radius 2 is 1.70 bits per heavy atom. The van der Waals surface area contributed by atoms with Gasteiger partial charge in [0, 0.05) is 36.7 Å². The van der Waals surface area contributed by atoms with Gasteiger partial charge in [0.05, 0.1) is 12.6 Å². The minimum absolute atomic E-state index is 0.0739. The van der Waals surface area contributed by atoms with E-state index in [2.05, 4.69) is 71.8 Å². The number of piperidine rings is 2. The van der Waals surface area contributed by atoms with Crippen molar-refractivity contribution >= 4 is 28.4 Å². The van der Waals surface area contributed by atoms with Gasteiger partial charge in [0.25, 0.3) is 5.56 Å². The molecular weight excluding hydrogens is 552 g/mol. The number of ether oxygens (including phenoxy) is 1. The van der Waals surface area contributed by atoms with E-state index in [1.165, 1.54) is 44.5 Å². The van der Waals surface area contributed by atoms with Gasteiger partial charge in [-0.3, -0.25) is 4.79 Å². The second-order valence-corrected chi connectivity index (χ2v) is 12.3. The molecule has 0 saturated carbocycles. The third-order valence-corrected chi connectivity index (χ3v) is 9.46. The van der Waals surface area contributed by atoms with Gasteiger partial charge in [-0.2, -0.15) is 9.97 Å². The number of benzene rings is 1. The number of hydrogen-bond donors (Lipinski definition) is 1. The Kier molecular flexibility index (Phi) is 8.70. The summed E-state index contributed by atoms with van der Waals surface area (Å²) in [7, 11) is 2.24. The molecule has 232 valence electrons. The van der Waals surface area contributed by atoms with Gasteiger partial charge in [0.1, 0.15) is 5.39 Å². The average molecular weight is 597 g/mol. The molecule has 2 fully saturated rings. The maximum absolute atomic E-state index is 13.4. The molecule has 2 aliphatic rings. The van der Waals surface area contributed by atoms with E-state index in [9.17, 15) is 4.79 Å². The Morgan fingerprint density at radius 3 is 2.39 bits per heavy atom. The zero-order valence-electron chi connectivity index (χ0n) is 26.2. The minimum atomic E-state index is -0.201. The molecule has 44 heavy (non-hydrogen) atoms. The van der Waals surface area contributed by atoms with Crippen LogP contribution in [0.4, 0.5) is 17.3 Å². The number of hydrogen-bond acceptors (Lipinski definition) is 8. The molecule has 4 aromatic rings. The van der Waals surface area contributed by atoms with E-state index in [0.29, 0.717) is 40.6 Å². The van der Waals surface area contributed by atoms with Gasteiger partial charge in [0.2, 0.25) is 11.8 Å². The van der Waals surface area contributed by atoms with Crippen molar-refractivity contribution in [3.63, 3.8) is 0 Å². The molecule has 2 saturated heterocycles. The maximum atomic E-state index is 13.4. The quantitative estimate of drug-likeness (QED) is 0.230. The average Bonchev–Trinajstić information content (AvgIpc) is 3.32. The van der Waals surface area contributed by atoms with Crippen molar-refractivity contribution in [3.8, 4) is 11.7 Å². The summed E-state index contributed by atoms with van der Waals surface area (Å²) in [5.74, 6) is 1.46. The van der Waals surface area contributed by atoms with Crippen LogP contribution in [0.15, 0.2) is 66.1 Å². The lowest BCUT2D eigenvalue weighted by Crippen LogP contribution is -2.46. The molecule has 1 N–H and O–H groups in total. The lowest BCUT2D eigenvalue weighted by molar-refractivity contribution is 0.0945. The van der Waals surface area contributed by atoms with Crippen molar-refractivity contribution in [1.82, 2.24) is 29.2 Å². The standard InChI is InChI=1S/C34H44N8O2/c1-5-19-41-32(43)28-24-35-33(38-31(28)42(41)29-9-8-10-30(37-29)44-27(6-2)7-3)36-25-11-13-26(14-12-25)40-22-17-34(18-23-40)15-20-39(4)21-16-34/h5,8-14,24,27H,1,6-7,15-23H2,2-4H3,(H,35,36,38). The summed E-state index contributed by atoms with van der Waals surface area (Å²) in [6.07, 6.45) is 10.3. The van der Waals surface area contributed by atoms with Crippen molar-refractivity contribution in [2.75, 3.05) is 43.4 Å². The van der Waals surface area contributed by atoms with Crippen molar-refractivity contribution < 1.29 is 4.74 Å². The Hall–Kier alpha value is -4.18. The van der Waals surface area contributed by atoms with Gasteiger partial charge in [-0.15, -0.1) is 6.58 Å². The molecule has 0 unspecified atom stereocenters. The Morgan fingerprint density at radius 1 is 1.00 bits per heavy atom. The lowest BCUT2D eigenvalue weighted by atomic mass is 9.71. The second-order valence-electron chi connectivity index (χ2n) is 12.3. The van der Waals surface area contributed by atoms with Crippen LogP contribution in [0.25, 0.3) is 16.9 Å². The summed E-state index contributed by atoms with van der Waals surface area (Å²) < 4.78 is 9.40. The molecule has 10 nitrogen and oxygen atoms in total. The normalized spacial score (nSPS) is 17.0. The molecule has 2 aliphatic heterocycles. The predicted octanol–water partition coefficient (Wildman–Crippen LogP) is 5.79. The van der Waals surface area contributed by atoms with E-state index in [1.807, 2.05) is 18.2 Å². The SMILES string of the molecule is C=CCn1c(=O)c2cnc(Nc3ccc(N4CCC5(CCN(C)CC5)CC4)cc3)nc2n1-c1cccc(OC(CC)CC)n1. The molecule has 3 aromatic heterocycles. The molecule has 5 heterocycles. The lowest BCUT2D eigenvalue weighted by Gasteiger charge is -2.46. The molecule has 1 aromatic carbocycles. The van der Waals surface area contributed by atoms with Crippen molar-refractivity contribution in [2.24, 2.45) is 5.41 Å². The van der Waals surface area contributed by atoms with Crippen LogP contribution in [-0.4, -0.2) is 68.5 Å². The largest absolute Gasteiger partial charge is 0.474 e. The molecule has 0 bridgehead atoms. The number of aromatic nitrogens is 5. The van der Waals surface area contributed by atoms with E-state index >= 15 is 0 Å². The smallest absolute Gasteiger partial charge is 0.278 e. The first-order valence-corrected chi connectivity index (χ1v) is 16.0. The van der Waals surface area contributed by atoms with Crippen molar-refractivity contribution in [3.05, 3.63) is 71.7 Å². The minimum Gasteiger partial charge on any atom is -0.474 e. The first kappa shape index (κ1) is 29.9. The highest BCUT2D eigenvalue weighted by atomic mass is 16.5. The molecule has 10 heteroatoms. The summed E-state index contributed by atoms with van der Waals surface area (Å²) in [4.78, 5) is 32.3. The van der Waals surface area contributed by atoms with Crippen LogP contribution in [0.3, 0.4) is 0 Å². The fraction of sp³-hybridized carbons (Fsp3) is 0.471. The van der Waals surface area contributed by atoms with E-state index < -0.39 is 0 Å². The third kappa shape index (κ3) is 6.08. The molecule has 0 amide bonds. The number of anilines is 3. The van der Waals surface area contributed by atoms with E-state index in [-0.39, 0.29) is 11.7 Å². The monoisotopic (exact) mass is 596 g/mol. The fourth-order valence-corrected chi connectivity index (χ4v) is 6.54. The predicted molar refractivity (Wildman–Crippen MR) is 176 cm³/mol. The Balaban J connectivity index is 1.22. The van der Waals surface area contributed by atoms with E-state index in [4.69, 9.17) is 14.7 Å². The van der Waals surface area contributed by atoms with Crippen LogP contribution in [0, 0.1) is 5.41 Å². The number of pyridine rings is 1. The molecule has 1 spiro atoms. The molecule has 0 radical (unpaired) electrons. The van der Waals surface area contributed by atoms with Gasteiger partial charge in [-0.25, -0.2) is 14.3 Å². The molecule has 0 aliphatic carbocycles. The molecule has 0 atom stereocenters. The van der Waals surface area contributed by atoms with Gasteiger partial charge in [-0.1, -0.05) is 26.0 Å². The summed E-state index contributed by atoms with van der Waals surface area (Å²) in [6.45, 7) is 13.0. The maximum Gasteiger partial charge on any atom is 0.278 e. The highest BCUT2D eigenvalue weighted by molar-refractivity contribution is 5.77. The fourth-order valence-electron chi connectivity index (χ4n) is 6.54. The van der Waals surface area contributed by atoms with Gasteiger partial charge in [0.15, 0.2) is 11.5 Å². The van der Waals surface area contributed by atoms with Crippen LogP contribution in [0.5, 0.6) is 5.88 Å². The first-order chi connectivity index (χ1) is 21.4. The van der Waals surface area contributed by atoms with Crippen molar-refractivity contribution in [1.29, 1.82) is 0 Å². The van der Waals surface area contributed by atoms with Crippen molar-refractivity contribution in [2.45, 2.75) is 65.0 Å². The van der Waals surface area contributed by atoms with Crippen LogP contribution < -0.4 is 20.5 Å². The van der Waals surface area contributed by atoms with Gasteiger partial charge >= 0.3 is 0 Å². The van der Waals surface area contributed by atoms with Crippen LogP contribution in [0.1, 0.15) is 52.4 Å². The number of likely N-dealkylation sites (tertiary alicyclic amines) is 1. The Labute approximate surface area is 259 Å². The number of fused-ring (bicyclic) bond motifs is 1. The third-order valence-electron chi connectivity index (χ3n) is 9.46. The summed E-state index contributed by atoms with van der Waals surface area (Å²) >= 11 is 0. The Bertz CT molecular complexity index is 1640. The van der Waals surface area contributed by atoms with Crippen LogP contribution in [-0.2, 0) is 6.54 Å². The number of rotatable bonds is 10. The summed E-state index contributed by atoms with van der Waals surface area (Å²) in [6, 6.07) is 14.0. The van der Waals surface area contributed by atoms with Crippen LogP contribution in [0.2, 0.25) is 0 Å². The van der Waals surface area contributed by atoms with E-state index in [0.717, 1.165) is 31.6 Å². The highest BCUT2D eigenvalue weighted by Crippen LogP contribution is 2.42. The van der Waals surface area contributed by atoms with E-state index in [1.54, 1.807) is 21.6 Å². The topological polar surface area (TPSA) is 93.3 Å². The molecular formula is C34H44N8O2. The highest BCUT2D eigenvalue weighted by Gasteiger charge is 2.36. The second kappa shape index (κ2) is 12.8. The van der Waals surface area contributed by atoms with Gasteiger partial charge < -0.3 is 19.9 Å². The van der Waals surface area contributed by atoms with Crippen LogP contribution >= 0.6 is 0 Å². The number of allylic oxidation sites excluding steroid dienone is 1. The van der Waals surface area contributed by atoms with Gasteiger partial charge in [-0.05, 0) is 94.4 Å². The zero-order valence-corrected chi connectivity index (χ0v) is 26.2. The zero-order chi connectivity index (χ0) is 30.7. The molecule has 6 rings (SSSR count).